The van der Waals surface area contributed by atoms with Crippen LogP contribution in [-0.2, 0) is 10.8 Å². The molecule has 2 heterocycles. The van der Waals surface area contributed by atoms with Crippen LogP contribution in [0, 0.1) is 0 Å². The average molecular weight is 1030 g/mol. The molecule has 11 aromatic rings. The lowest BCUT2D eigenvalue weighted by molar-refractivity contribution is 0.596. The molecule has 2 aromatic heterocycles. The highest BCUT2D eigenvalue weighted by atomic mass is 16.3. The molecule has 0 unspecified atom stereocenters. The molecule has 4 nitrogen and oxygen atoms in total. The topological polar surface area (TPSA) is 32.8 Å². The minimum atomic E-state index is -0.421. The Kier molecular flexibility index (Phi) is 11.1. The number of benzene rings is 9. The summed E-state index contributed by atoms with van der Waals surface area (Å²) in [5, 5.41) is 6.83. The van der Waals surface area contributed by atoms with Gasteiger partial charge in [-0.2, -0.15) is 0 Å². The van der Waals surface area contributed by atoms with Crippen LogP contribution < -0.4 is 9.80 Å². The molecule has 3 aliphatic rings. The van der Waals surface area contributed by atoms with Gasteiger partial charge < -0.3 is 18.6 Å². The third kappa shape index (κ3) is 7.41. The summed E-state index contributed by atoms with van der Waals surface area (Å²) in [5.74, 6) is 0.798. The first-order valence-electron chi connectivity index (χ1n) is 28.1. The molecule has 0 spiro atoms. The second-order valence-corrected chi connectivity index (χ2v) is 23.6. The first-order chi connectivity index (χ1) is 38.3. The lowest BCUT2D eigenvalue weighted by atomic mass is 9.71. The third-order valence-corrected chi connectivity index (χ3v) is 17.6. The van der Waals surface area contributed by atoms with Crippen LogP contribution in [0.15, 0.2) is 239 Å². The van der Waals surface area contributed by atoms with E-state index in [-0.39, 0.29) is 0 Å². The van der Waals surface area contributed by atoms with Crippen molar-refractivity contribution in [3.05, 3.63) is 263 Å². The number of anilines is 5. The van der Waals surface area contributed by atoms with Crippen molar-refractivity contribution in [2.24, 2.45) is 0 Å². The molecule has 0 radical (unpaired) electrons. The van der Waals surface area contributed by atoms with E-state index < -0.39 is 10.8 Å². The van der Waals surface area contributed by atoms with Gasteiger partial charge in [0.05, 0.1) is 22.8 Å². The van der Waals surface area contributed by atoms with Crippen molar-refractivity contribution in [1.29, 1.82) is 0 Å². The van der Waals surface area contributed by atoms with Crippen molar-refractivity contribution in [3.63, 3.8) is 0 Å². The van der Waals surface area contributed by atoms with Gasteiger partial charge in [0.25, 0.3) is 0 Å². The Balaban J connectivity index is 0.972. The van der Waals surface area contributed by atoms with Gasteiger partial charge in [-0.15, -0.1) is 0 Å². The van der Waals surface area contributed by atoms with Gasteiger partial charge in [-0.05, 0) is 146 Å². The summed E-state index contributed by atoms with van der Waals surface area (Å²) in [4.78, 5) is 4.85. The Morgan fingerprint density at radius 3 is 1.58 bits per heavy atom. The van der Waals surface area contributed by atoms with E-state index >= 15 is 0 Å². The number of para-hydroxylation sites is 4. The second kappa shape index (κ2) is 18.1. The zero-order valence-corrected chi connectivity index (χ0v) is 46.4. The summed E-state index contributed by atoms with van der Waals surface area (Å²) in [6.07, 6.45) is 12.1. The number of hydrogen-bond donors (Lipinski definition) is 0. The molecule has 4 heteroatoms. The summed E-state index contributed by atoms with van der Waals surface area (Å²) in [6, 6.07) is 64.6. The first kappa shape index (κ1) is 48.5. The van der Waals surface area contributed by atoms with Crippen LogP contribution in [0.5, 0.6) is 0 Å². The monoisotopic (exact) mass is 1020 g/mol. The highest BCUT2D eigenvalue weighted by Gasteiger charge is 2.47. The molecule has 0 fully saturated rings. The van der Waals surface area contributed by atoms with Crippen molar-refractivity contribution in [3.8, 4) is 11.1 Å². The van der Waals surface area contributed by atoms with E-state index in [2.05, 4.69) is 265 Å². The molecule has 0 saturated carbocycles. The maximum Gasteiger partial charge on any atom is 0.159 e. The molecule has 9 aromatic carbocycles. The van der Waals surface area contributed by atoms with E-state index in [0.717, 1.165) is 90.0 Å². The highest BCUT2D eigenvalue weighted by Crippen LogP contribution is 2.62. The molecule has 14 rings (SSSR count). The molecular weight excluding hydrogens is 961 g/mol. The quantitative estimate of drug-likeness (QED) is 0.152. The van der Waals surface area contributed by atoms with E-state index in [1.165, 1.54) is 66.4 Å². The number of fused-ring (bicyclic) bond motifs is 14. The minimum absolute atomic E-state index is 0.393. The lowest BCUT2D eigenvalue weighted by Crippen LogP contribution is -2.26. The van der Waals surface area contributed by atoms with Crippen molar-refractivity contribution >= 4 is 88.7 Å². The number of allylic oxidation sites excluding steroid dienone is 7. The zero-order chi connectivity index (χ0) is 54.1. The number of rotatable bonds is 8. The van der Waals surface area contributed by atoms with Crippen LogP contribution in [-0.4, -0.2) is 0 Å². The first-order valence-corrected chi connectivity index (χ1v) is 28.1. The Bertz CT molecular complexity index is 4470. The standard InChI is InChI=1S/C75H64N2O2/c1-45(2)48-33-37-50(38-34-48)76(63-29-19-27-58-54-24-15-17-31-67(54)78-72(58)63)65-43-61-52(22-12-10-11-21-47(65)5)57-41-42-60-69-56-26-14-13-23-53(56)66(44-62(69)75(8,9)71(60)70(57)74(61,6)7)77(51-39-35-49(36-40-51)46(3)4)64-30-20-28-59-55-25-16-18-32-68(55)79-73(59)64/h10-21,23-46H,5,22H2,1-4,6-9H3/b12-10-,21-11-,65-43?. The van der Waals surface area contributed by atoms with Gasteiger partial charge >= 0.3 is 0 Å². The van der Waals surface area contributed by atoms with E-state index in [0.29, 0.717) is 11.8 Å². The van der Waals surface area contributed by atoms with Crippen LogP contribution in [0.2, 0.25) is 0 Å². The Hall–Kier alpha value is -8.86. The summed E-state index contributed by atoms with van der Waals surface area (Å²) in [5.41, 5.74) is 23.1. The van der Waals surface area contributed by atoms with E-state index in [1.807, 2.05) is 6.07 Å². The van der Waals surface area contributed by atoms with E-state index in [9.17, 15) is 0 Å². The maximum absolute atomic E-state index is 6.87. The SMILES string of the molecule is C=C1/C=C\C=C/CC2=C(C=C1N(c1ccc(C(C)C)cc1)c1cccc3c1oc1ccccc13)C(C)(C)c1c2ccc2c1C(C)(C)c1cc(N(c3ccc(C(C)C)cc3)c3cccc4c3oc3ccccc34)c3ccccc3c1-2. The molecular formula is C75H64N2O2. The van der Waals surface area contributed by atoms with Gasteiger partial charge in [0.1, 0.15) is 11.2 Å². The lowest BCUT2D eigenvalue weighted by Gasteiger charge is -2.33. The fourth-order valence-electron chi connectivity index (χ4n) is 13.6. The Labute approximate surface area is 463 Å². The molecule has 0 atom stereocenters. The van der Waals surface area contributed by atoms with Crippen LogP contribution in [0.3, 0.4) is 0 Å². The normalized spacial score (nSPS) is 16.2. The number of furan rings is 2. The van der Waals surface area contributed by atoms with Crippen molar-refractivity contribution in [2.45, 2.75) is 84.5 Å². The summed E-state index contributed by atoms with van der Waals surface area (Å²) in [7, 11) is 0. The van der Waals surface area contributed by atoms with Crippen molar-refractivity contribution < 1.29 is 8.83 Å². The molecule has 0 aliphatic heterocycles. The summed E-state index contributed by atoms with van der Waals surface area (Å²) >= 11 is 0. The predicted octanol–water partition coefficient (Wildman–Crippen LogP) is 21.5. The Morgan fingerprint density at radius 2 is 0.987 bits per heavy atom. The molecule has 3 aliphatic carbocycles. The van der Waals surface area contributed by atoms with Crippen LogP contribution in [0.1, 0.15) is 107 Å². The van der Waals surface area contributed by atoms with Crippen molar-refractivity contribution in [1.82, 2.24) is 0 Å². The maximum atomic E-state index is 6.87. The van der Waals surface area contributed by atoms with Crippen LogP contribution >= 0.6 is 0 Å². The molecule has 0 saturated heterocycles. The Morgan fingerprint density at radius 1 is 0.481 bits per heavy atom. The largest absolute Gasteiger partial charge is 0.454 e. The van der Waals surface area contributed by atoms with E-state index in [4.69, 9.17) is 15.4 Å². The molecule has 386 valence electrons. The smallest absolute Gasteiger partial charge is 0.159 e. The van der Waals surface area contributed by atoms with Gasteiger partial charge in [0.2, 0.25) is 0 Å². The van der Waals surface area contributed by atoms with Gasteiger partial charge in [0, 0.05) is 49.1 Å². The van der Waals surface area contributed by atoms with Crippen LogP contribution in [0.25, 0.3) is 71.3 Å². The van der Waals surface area contributed by atoms with Gasteiger partial charge in [-0.3, -0.25) is 0 Å². The summed E-state index contributed by atoms with van der Waals surface area (Å²) in [6.45, 7) is 23.7. The minimum Gasteiger partial charge on any atom is -0.454 e. The number of nitrogens with zero attached hydrogens (tertiary/aromatic N) is 2. The predicted molar refractivity (Wildman–Crippen MR) is 334 cm³/mol. The fraction of sp³-hybridized carbons (Fsp3) is 0.173. The van der Waals surface area contributed by atoms with E-state index in [1.54, 1.807) is 0 Å². The fourth-order valence-corrected chi connectivity index (χ4v) is 13.6. The second-order valence-electron chi connectivity index (χ2n) is 23.6. The summed E-state index contributed by atoms with van der Waals surface area (Å²) < 4.78 is 13.7. The molecule has 0 amide bonds. The van der Waals surface area contributed by atoms with Gasteiger partial charge in [-0.25, -0.2) is 0 Å². The van der Waals surface area contributed by atoms with Crippen LogP contribution in [0.4, 0.5) is 28.4 Å². The molecule has 0 N–H and O–H groups in total. The third-order valence-electron chi connectivity index (χ3n) is 17.6. The molecule has 0 bridgehead atoms. The molecule has 79 heavy (non-hydrogen) atoms. The number of hydrogen-bond acceptors (Lipinski definition) is 4. The van der Waals surface area contributed by atoms with Crippen molar-refractivity contribution in [2.75, 3.05) is 9.80 Å². The highest BCUT2D eigenvalue weighted by molar-refractivity contribution is 6.15. The average Bonchev–Trinajstić information content (AvgIpc) is 3.41. The van der Waals surface area contributed by atoms with Gasteiger partial charge in [0.15, 0.2) is 11.2 Å². The van der Waals surface area contributed by atoms with Gasteiger partial charge in [-0.1, -0.05) is 208 Å². The zero-order valence-electron chi connectivity index (χ0n) is 46.4.